The van der Waals surface area contributed by atoms with Crippen molar-refractivity contribution in [3.63, 3.8) is 0 Å². The molecular formula is C15H18BrNOS. The summed E-state index contributed by atoms with van der Waals surface area (Å²) in [5.74, 6) is 0. The molecule has 1 unspecified atom stereocenters. The molecule has 0 saturated carbocycles. The number of methoxy groups -OCH3 is 1. The molecule has 2 aromatic rings. The van der Waals surface area contributed by atoms with Gasteiger partial charge in [0.15, 0.2) is 0 Å². The Labute approximate surface area is 127 Å². The van der Waals surface area contributed by atoms with E-state index < -0.39 is 0 Å². The maximum Gasteiger partial charge on any atom is 0.122 e. The lowest BCUT2D eigenvalue weighted by molar-refractivity contribution is 0.0948. The standard InChI is InChI=1S/C15H18BrNOS/c1-4-5-13(18-3)15-17-14(10(2)19-15)11-6-8-12(16)9-7-11/h6-9,13H,4-5H2,1-3H3. The summed E-state index contributed by atoms with van der Waals surface area (Å²) in [6, 6.07) is 8.29. The minimum atomic E-state index is 0.123. The number of ether oxygens (including phenoxy) is 1. The smallest absolute Gasteiger partial charge is 0.122 e. The van der Waals surface area contributed by atoms with Crippen molar-refractivity contribution >= 4 is 27.3 Å². The maximum absolute atomic E-state index is 5.54. The lowest BCUT2D eigenvalue weighted by atomic mass is 10.1. The molecule has 102 valence electrons. The summed E-state index contributed by atoms with van der Waals surface area (Å²) in [6.45, 7) is 4.29. The molecule has 1 atom stereocenters. The first-order valence-corrected chi connectivity index (χ1v) is 8.02. The van der Waals surface area contributed by atoms with Crippen molar-refractivity contribution in [3.05, 3.63) is 38.6 Å². The van der Waals surface area contributed by atoms with Crippen molar-refractivity contribution in [1.82, 2.24) is 4.98 Å². The molecule has 0 aliphatic carbocycles. The molecule has 0 aliphatic heterocycles. The number of benzene rings is 1. The topological polar surface area (TPSA) is 22.1 Å². The number of hydrogen-bond acceptors (Lipinski definition) is 3. The molecule has 0 N–H and O–H groups in total. The fourth-order valence-corrected chi connectivity index (χ4v) is 3.36. The van der Waals surface area contributed by atoms with Crippen molar-refractivity contribution < 1.29 is 4.74 Å². The van der Waals surface area contributed by atoms with Crippen molar-refractivity contribution in [1.29, 1.82) is 0 Å². The van der Waals surface area contributed by atoms with Gasteiger partial charge in [0.25, 0.3) is 0 Å². The number of hydrogen-bond donors (Lipinski definition) is 0. The van der Waals surface area contributed by atoms with E-state index in [0.717, 1.165) is 33.6 Å². The van der Waals surface area contributed by atoms with Crippen LogP contribution >= 0.6 is 27.3 Å². The quantitative estimate of drug-likeness (QED) is 0.730. The Morgan fingerprint density at radius 3 is 2.58 bits per heavy atom. The first-order valence-electron chi connectivity index (χ1n) is 6.41. The molecule has 1 aromatic carbocycles. The fourth-order valence-electron chi connectivity index (χ4n) is 2.03. The van der Waals surface area contributed by atoms with E-state index in [9.17, 15) is 0 Å². The molecule has 0 amide bonds. The van der Waals surface area contributed by atoms with E-state index in [1.807, 2.05) is 12.1 Å². The van der Waals surface area contributed by atoms with Gasteiger partial charge in [-0.15, -0.1) is 11.3 Å². The molecule has 0 saturated heterocycles. The van der Waals surface area contributed by atoms with Gasteiger partial charge in [-0.25, -0.2) is 4.98 Å². The van der Waals surface area contributed by atoms with E-state index in [1.54, 1.807) is 18.4 Å². The Balaban J connectivity index is 2.32. The second kappa shape index (κ2) is 6.64. The van der Waals surface area contributed by atoms with E-state index in [2.05, 4.69) is 41.9 Å². The van der Waals surface area contributed by atoms with Gasteiger partial charge in [0.05, 0.1) is 5.69 Å². The zero-order valence-electron chi connectivity index (χ0n) is 11.4. The maximum atomic E-state index is 5.54. The van der Waals surface area contributed by atoms with Gasteiger partial charge in [0.2, 0.25) is 0 Å². The molecule has 1 aromatic heterocycles. The van der Waals surface area contributed by atoms with Crippen molar-refractivity contribution in [2.24, 2.45) is 0 Å². The second-order valence-corrected chi connectivity index (χ2v) is 6.63. The summed E-state index contributed by atoms with van der Waals surface area (Å²) < 4.78 is 6.63. The number of halogens is 1. The van der Waals surface area contributed by atoms with Gasteiger partial charge in [0.1, 0.15) is 11.1 Å². The molecule has 1 heterocycles. The average molecular weight is 340 g/mol. The Morgan fingerprint density at radius 1 is 1.32 bits per heavy atom. The third kappa shape index (κ3) is 3.44. The van der Waals surface area contributed by atoms with Gasteiger partial charge < -0.3 is 4.74 Å². The van der Waals surface area contributed by atoms with Crippen LogP contribution in [0.3, 0.4) is 0 Å². The summed E-state index contributed by atoms with van der Waals surface area (Å²) in [4.78, 5) is 6.02. The van der Waals surface area contributed by atoms with Crippen LogP contribution < -0.4 is 0 Å². The molecule has 0 radical (unpaired) electrons. The minimum Gasteiger partial charge on any atom is -0.374 e. The van der Waals surface area contributed by atoms with Crippen molar-refractivity contribution in [3.8, 4) is 11.3 Å². The zero-order valence-corrected chi connectivity index (χ0v) is 13.8. The van der Waals surface area contributed by atoms with E-state index >= 15 is 0 Å². The van der Waals surface area contributed by atoms with Crippen LogP contribution in [0.4, 0.5) is 0 Å². The van der Waals surface area contributed by atoms with E-state index in [4.69, 9.17) is 9.72 Å². The third-order valence-corrected chi connectivity index (χ3v) is 4.63. The van der Waals surface area contributed by atoms with Crippen LogP contribution in [0.25, 0.3) is 11.3 Å². The van der Waals surface area contributed by atoms with Crippen LogP contribution in [0.5, 0.6) is 0 Å². The lowest BCUT2D eigenvalue weighted by Crippen LogP contribution is -2.00. The van der Waals surface area contributed by atoms with E-state index in [1.165, 1.54) is 4.88 Å². The molecular weight excluding hydrogens is 322 g/mol. The molecule has 0 bridgehead atoms. The normalized spacial score (nSPS) is 12.6. The van der Waals surface area contributed by atoms with Gasteiger partial charge in [-0.2, -0.15) is 0 Å². The lowest BCUT2D eigenvalue weighted by Gasteiger charge is -2.10. The highest BCUT2D eigenvalue weighted by Crippen LogP contribution is 2.33. The summed E-state index contributed by atoms with van der Waals surface area (Å²) in [5, 5.41) is 1.08. The molecule has 0 spiro atoms. The van der Waals surface area contributed by atoms with Crippen molar-refractivity contribution in [2.45, 2.75) is 32.8 Å². The zero-order chi connectivity index (χ0) is 13.8. The summed E-state index contributed by atoms with van der Waals surface area (Å²) in [5.41, 5.74) is 2.24. The number of aryl methyl sites for hydroxylation is 1. The number of aromatic nitrogens is 1. The SMILES string of the molecule is CCCC(OC)c1nc(-c2ccc(Br)cc2)c(C)s1. The van der Waals surface area contributed by atoms with E-state index in [-0.39, 0.29) is 6.10 Å². The molecule has 0 fully saturated rings. The van der Waals surface area contributed by atoms with Crippen LogP contribution in [-0.2, 0) is 4.74 Å². The Bertz CT molecular complexity index is 536. The van der Waals surface area contributed by atoms with Gasteiger partial charge in [-0.1, -0.05) is 41.4 Å². The fraction of sp³-hybridized carbons (Fsp3) is 0.400. The molecule has 19 heavy (non-hydrogen) atoms. The van der Waals surface area contributed by atoms with Gasteiger partial charge in [0, 0.05) is 22.0 Å². The first-order chi connectivity index (χ1) is 9.15. The number of rotatable bonds is 5. The predicted molar refractivity (Wildman–Crippen MR) is 84.6 cm³/mol. The molecule has 0 aliphatic rings. The minimum absolute atomic E-state index is 0.123. The predicted octanol–water partition coefficient (Wildman–Crippen LogP) is 5.37. The molecule has 2 nitrogen and oxygen atoms in total. The highest BCUT2D eigenvalue weighted by molar-refractivity contribution is 9.10. The highest BCUT2D eigenvalue weighted by Gasteiger charge is 2.17. The van der Waals surface area contributed by atoms with Crippen LogP contribution in [0, 0.1) is 6.92 Å². The summed E-state index contributed by atoms with van der Waals surface area (Å²) >= 11 is 5.20. The van der Waals surface area contributed by atoms with Crippen LogP contribution in [0.1, 0.15) is 35.8 Å². The summed E-state index contributed by atoms with van der Waals surface area (Å²) in [7, 11) is 1.76. The van der Waals surface area contributed by atoms with Gasteiger partial charge in [-0.3, -0.25) is 0 Å². The monoisotopic (exact) mass is 339 g/mol. The second-order valence-electron chi connectivity index (χ2n) is 4.48. The van der Waals surface area contributed by atoms with Gasteiger partial charge in [-0.05, 0) is 25.5 Å². The van der Waals surface area contributed by atoms with Crippen LogP contribution in [0.15, 0.2) is 28.7 Å². The molecule has 4 heteroatoms. The Morgan fingerprint density at radius 2 is 2.00 bits per heavy atom. The summed E-state index contributed by atoms with van der Waals surface area (Å²) in [6.07, 6.45) is 2.24. The first kappa shape index (κ1) is 14.7. The largest absolute Gasteiger partial charge is 0.374 e. The van der Waals surface area contributed by atoms with Crippen LogP contribution in [-0.4, -0.2) is 12.1 Å². The third-order valence-electron chi connectivity index (χ3n) is 3.04. The van der Waals surface area contributed by atoms with E-state index in [0.29, 0.717) is 0 Å². The number of thiazole rings is 1. The Kier molecular flexibility index (Phi) is 5.13. The Hall–Kier alpha value is -0.710. The van der Waals surface area contributed by atoms with Crippen molar-refractivity contribution in [2.75, 3.05) is 7.11 Å². The molecule has 2 rings (SSSR count). The number of nitrogens with zero attached hydrogens (tertiary/aromatic N) is 1. The van der Waals surface area contributed by atoms with Gasteiger partial charge >= 0.3 is 0 Å². The average Bonchev–Trinajstić information content (AvgIpc) is 2.79. The van der Waals surface area contributed by atoms with Crippen LogP contribution in [0.2, 0.25) is 0 Å². The highest BCUT2D eigenvalue weighted by atomic mass is 79.9.